The number of hydrogen-bond acceptors (Lipinski definition) is 6. The molecular formula is C34H57NO7. The summed E-state index contributed by atoms with van der Waals surface area (Å²) in [4.78, 5) is 37.0. The number of amides is 1. The molecule has 0 radical (unpaired) electrons. The van der Waals surface area contributed by atoms with E-state index in [4.69, 9.17) is 9.47 Å². The Morgan fingerprint density at radius 1 is 0.929 bits per heavy atom. The van der Waals surface area contributed by atoms with Crippen LogP contribution in [0.5, 0.6) is 5.75 Å². The molecule has 0 saturated carbocycles. The molecule has 1 rings (SSSR count). The van der Waals surface area contributed by atoms with Gasteiger partial charge in [0, 0.05) is 5.41 Å². The molecule has 42 heavy (non-hydrogen) atoms. The van der Waals surface area contributed by atoms with Crippen LogP contribution in [0.15, 0.2) is 18.2 Å². The Morgan fingerprint density at radius 3 is 1.95 bits per heavy atom. The maximum atomic E-state index is 12.8. The van der Waals surface area contributed by atoms with E-state index in [1.807, 2.05) is 32.9 Å². The van der Waals surface area contributed by atoms with Crippen molar-refractivity contribution >= 4 is 17.8 Å². The van der Waals surface area contributed by atoms with Crippen LogP contribution in [0.4, 0.5) is 4.79 Å². The first kappa shape index (κ1) is 37.4. The van der Waals surface area contributed by atoms with Gasteiger partial charge in [0.05, 0.1) is 17.6 Å². The molecule has 0 fully saturated rings. The van der Waals surface area contributed by atoms with Crippen LogP contribution in [0.1, 0.15) is 114 Å². The average Bonchev–Trinajstić information content (AvgIpc) is 2.78. The zero-order valence-electron chi connectivity index (χ0n) is 28.3. The summed E-state index contributed by atoms with van der Waals surface area (Å²) < 4.78 is 11.6. The second kappa shape index (κ2) is 14.2. The molecule has 0 saturated heterocycles. The van der Waals surface area contributed by atoms with Gasteiger partial charge < -0.3 is 25.0 Å². The third-order valence-corrected chi connectivity index (χ3v) is 7.61. The van der Waals surface area contributed by atoms with Gasteiger partial charge in [-0.05, 0) is 81.4 Å². The number of Topliss-reactive ketones (excluding diaryl/α,β-unsaturated/α-hetero) is 1. The zero-order chi connectivity index (χ0) is 32.8. The lowest BCUT2D eigenvalue weighted by atomic mass is 9.77. The third-order valence-electron chi connectivity index (χ3n) is 7.61. The van der Waals surface area contributed by atoms with Crippen LogP contribution in [-0.4, -0.2) is 51.9 Å². The summed E-state index contributed by atoms with van der Waals surface area (Å²) in [5.74, 6) is -0.938. The molecule has 0 aromatic heterocycles. The van der Waals surface area contributed by atoms with E-state index in [9.17, 15) is 24.6 Å². The van der Waals surface area contributed by atoms with Crippen molar-refractivity contribution in [1.29, 1.82) is 0 Å². The van der Waals surface area contributed by atoms with Gasteiger partial charge in [-0.3, -0.25) is 9.59 Å². The van der Waals surface area contributed by atoms with Crippen LogP contribution in [0.2, 0.25) is 0 Å². The quantitative estimate of drug-likeness (QED) is 0.227. The summed E-state index contributed by atoms with van der Waals surface area (Å²) in [7, 11) is 0. The molecule has 4 atom stereocenters. The second-order valence-corrected chi connectivity index (χ2v) is 15.5. The summed E-state index contributed by atoms with van der Waals surface area (Å²) >= 11 is 0. The van der Waals surface area contributed by atoms with Crippen LogP contribution in [0.3, 0.4) is 0 Å². The van der Waals surface area contributed by atoms with E-state index >= 15 is 0 Å². The lowest BCUT2D eigenvalue weighted by Crippen LogP contribution is -2.54. The normalized spacial score (nSPS) is 16.3. The van der Waals surface area contributed by atoms with E-state index in [-0.39, 0.29) is 36.1 Å². The van der Waals surface area contributed by atoms with Gasteiger partial charge in [-0.15, -0.1) is 0 Å². The number of aliphatic hydroxyl groups is 1. The highest BCUT2D eigenvalue weighted by atomic mass is 16.6. The van der Waals surface area contributed by atoms with Crippen molar-refractivity contribution in [3.8, 4) is 5.75 Å². The summed E-state index contributed by atoms with van der Waals surface area (Å²) in [6.07, 6.45) is 0.332. The summed E-state index contributed by atoms with van der Waals surface area (Å²) in [5, 5.41) is 23.9. The summed E-state index contributed by atoms with van der Waals surface area (Å²) in [6, 6.07) is 5.35. The number of carbonyl (C=O) groups excluding carboxylic acids is 2. The third kappa shape index (κ3) is 12.3. The summed E-state index contributed by atoms with van der Waals surface area (Å²) in [5.41, 5.74) is -0.921. The van der Waals surface area contributed by atoms with Crippen LogP contribution in [0.25, 0.3) is 0 Å². The fraction of sp³-hybridized carbons (Fsp3) is 0.735. The largest absolute Gasteiger partial charge is 0.486 e. The fourth-order valence-corrected chi connectivity index (χ4v) is 4.76. The maximum Gasteiger partial charge on any atom is 0.407 e. The van der Waals surface area contributed by atoms with Gasteiger partial charge in [0.1, 0.15) is 18.0 Å². The van der Waals surface area contributed by atoms with Gasteiger partial charge >= 0.3 is 12.1 Å². The molecule has 240 valence electrons. The number of carbonyl (C=O) groups is 3. The Kier molecular flexibility index (Phi) is 12.7. The van der Waals surface area contributed by atoms with Crippen molar-refractivity contribution in [2.24, 2.45) is 23.2 Å². The molecule has 1 aromatic carbocycles. The number of carboxylic acid groups (broad SMARTS) is 1. The highest BCUT2D eigenvalue weighted by Crippen LogP contribution is 2.35. The lowest BCUT2D eigenvalue weighted by molar-refractivity contribution is -0.143. The zero-order valence-corrected chi connectivity index (χ0v) is 28.3. The second-order valence-electron chi connectivity index (χ2n) is 15.5. The standard InChI is InChI=1S/C34H57NO7/c1-21(2)24(18-27(35-30(39)42-33(10,11)12)34(13,40)19-22(3)29(37)38)16-23-14-15-25(31(4,5)6)26(17-23)41-20-28(36)32(7,8)9/h14-15,17,21-22,24,27,40H,16,18-20H2,1-13H3,(H,35,39)(H,37,38)/t22?,24-,27-,34-/m0/s1. The van der Waals surface area contributed by atoms with E-state index in [1.165, 1.54) is 0 Å². The monoisotopic (exact) mass is 591 g/mol. The van der Waals surface area contributed by atoms with Crippen LogP contribution in [-0.2, 0) is 26.2 Å². The number of alkyl carbamates (subject to hydrolysis) is 1. The first-order valence-electron chi connectivity index (χ1n) is 15.1. The average molecular weight is 592 g/mol. The Balaban J connectivity index is 3.39. The van der Waals surface area contributed by atoms with Gasteiger partial charge in [-0.25, -0.2) is 4.79 Å². The van der Waals surface area contributed by atoms with Crippen molar-refractivity contribution in [2.45, 2.75) is 132 Å². The molecule has 0 aliphatic heterocycles. The highest BCUT2D eigenvalue weighted by Gasteiger charge is 2.39. The summed E-state index contributed by atoms with van der Waals surface area (Å²) in [6.45, 7) is 24.5. The van der Waals surface area contributed by atoms with Gasteiger partial charge in [0.15, 0.2) is 5.78 Å². The number of aliphatic carboxylic acids is 1. The van der Waals surface area contributed by atoms with E-state index in [0.717, 1.165) is 11.1 Å². The molecule has 0 bridgehead atoms. The number of rotatable bonds is 13. The van der Waals surface area contributed by atoms with Crippen molar-refractivity contribution in [2.75, 3.05) is 6.61 Å². The Labute approximate surface area is 253 Å². The number of carboxylic acids is 1. The first-order valence-corrected chi connectivity index (χ1v) is 15.1. The predicted molar refractivity (Wildman–Crippen MR) is 167 cm³/mol. The first-order chi connectivity index (χ1) is 18.8. The van der Waals surface area contributed by atoms with Crippen molar-refractivity contribution in [3.05, 3.63) is 29.3 Å². The number of nitrogens with one attached hydrogen (secondary N) is 1. The van der Waals surface area contributed by atoms with Crippen LogP contribution < -0.4 is 10.1 Å². The van der Waals surface area contributed by atoms with Crippen molar-refractivity contribution < 1.29 is 34.1 Å². The van der Waals surface area contributed by atoms with Crippen LogP contribution in [0, 0.1) is 23.2 Å². The topological polar surface area (TPSA) is 122 Å². The number of benzene rings is 1. The molecule has 0 heterocycles. The minimum atomic E-state index is -1.50. The fourth-order valence-electron chi connectivity index (χ4n) is 4.76. The van der Waals surface area contributed by atoms with Gasteiger partial charge in [0.25, 0.3) is 0 Å². The minimum Gasteiger partial charge on any atom is -0.486 e. The van der Waals surface area contributed by atoms with Gasteiger partial charge in [0.2, 0.25) is 0 Å². The molecule has 1 unspecified atom stereocenters. The molecule has 1 aromatic rings. The van der Waals surface area contributed by atoms with Crippen LogP contribution >= 0.6 is 0 Å². The molecule has 1 amide bonds. The molecule has 0 aliphatic carbocycles. The number of ketones is 1. The Hall–Kier alpha value is -2.61. The minimum absolute atomic E-state index is 0.0149. The number of hydrogen-bond donors (Lipinski definition) is 3. The van der Waals surface area contributed by atoms with Crippen molar-refractivity contribution in [3.63, 3.8) is 0 Å². The predicted octanol–water partition coefficient (Wildman–Crippen LogP) is 6.94. The maximum absolute atomic E-state index is 12.8. The van der Waals surface area contributed by atoms with Crippen molar-refractivity contribution in [1.82, 2.24) is 5.32 Å². The van der Waals surface area contributed by atoms with E-state index in [1.54, 1.807) is 34.6 Å². The molecule has 8 heteroatoms. The Morgan fingerprint density at radius 2 is 1.50 bits per heavy atom. The highest BCUT2D eigenvalue weighted by molar-refractivity contribution is 5.85. The molecule has 8 nitrogen and oxygen atoms in total. The van der Waals surface area contributed by atoms with E-state index in [0.29, 0.717) is 18.6 Å². The Bertz CT molecular complexity index is 1070. The molecule has 3 N–H and O–H groups in total. The number of ether oxygens (including phenoxy) is 2. The van der Waals surface area contributed by atoms with E-state index < -0.39 is 40.6 Å². The van der Waals surface area contributed by atoms with Gasteiger partial charge in [-0.2, -0.15) is 0 Å². The molecule has 0 aliphatic rings. The van der Waals surface area contributed by atoms with Gasteiger partial charge in [-0.1, -0.05) is 74.4 Å². The SMILES string of the molecule is CC(C[C@](C)(O)[C@H](C[C@H](Cc1ccc(C(C)(C)C)c(OCC(=O)C(C)(C)C)c1)C(C)C)NC(=O)OC(C)(C)C)C(=O)O. The smallest absolute Gasteiger partial charge is 0.407 e. The molecular weight excluding hydrogens is 534 g/mol. The molecule has 0 spiro atoms. The lowest BCUT2D eigenvalue weighted by Gasteiger charge is -2.38. The van der Waals surface area contributed by atoms with E-state index in [2.05, 4.69) is 46.0 Å².